The van der Waals surface area contributed by atoms with Crippen LogP contribution in [0.3, 0.4) is 0 Å². The van der Waals surface area contributed by atoms with Gasteiger partial charge in [0.05, 0.1) is 6.10 Å². The van der Waals surface area contributed by atoms with Crippen LogP contribution in [0.2, 0.25) is 0 Å². The van der Waals surface area contributed by atoms with Gasteiger partial charge in [-0.1, -0.05) is 37.6 Å². The van der Waals surface area contributed by atoms with E-state index in [1.807, 2.05) is 6.07 Å². The van der Waals surface area contributed by atoms with Gasteiger partial charge in [-0.3, -0.25) is 4.90 Å². The van der Waals surface area contributed by atoms with Crippen LogP contribution >= 0.6 is 0 Å². The average molecular weight is 245 g/mol. The van der Waals surface area contributed by atoms with E-state index in [0.717, 1.165) is 12.0 Å². The fourth-order valence-electron chi connectivity index (χ4n) is 3.51. The van der Waals surface area contributed by atoms with E-state index in [1.54, 1.807) is 0 Å². The monoisotopic (exact) mass is 245 g/mol. The lowest BCUT2D eigenvalue weighted by Crippen LogP contribution is -2.48. The van der Waals surface area contributed by atoms with Crippen molar-refractivity contribution in [3.63, 3.8) is 0 Å². The third-order valence-corrected chi connectivity index (χ3v) is 4.98. The molecular weight excluding hydrogens is 222 g/mol. The van der Waals surface area contributed by atoms with Gasteiger partial charge in [0.2, 0.25) is 0 Å². The number of aliphatic hydroxyl groups is 1. The van der Waals surface area contributed by atoms with Crippen LogP contribution in [0.25, 0.3) is 0 Å². The number of nitrogens with zero attached hydrogens (tertiary/aromatic N) is 1. The standard InChI is InChI=1S/C16H23NO/c1-11-10-15(17(2)12-6-5-7-12)16(18)14-9-4-3-8-13(11)14/h3-4,8-9,11-12,15-16,18H,5-7,10H2,1-2H3. The largest absolute Gasteiger partial charge is 0.387 e. The topological polar surface area (TPSA) is 23.5 Å². The molecule has 2 aliphatic carbocycles. The summed E-state index contributed by atoms with van der Waals surface area (Å²) in [6, 6.07) is 9.38. The van der Waals surface area contributed by atoms with Gasteiger partial charge in [0.15, 0.2) is 0 Å². The van der Waals surface area contributed by atoms with Crippen molar-refractivity contribution in [2.75, 3.05) is 7.05 Å². The van der Waals surface area contributed by atoms with Gasteiger partial charge in [-0.05, 0) is 43.4 Å². The maximum Gasteiger partial charge on any atom is 0.0948 e. The van der Waals surface area contributed by atoms with Crippen molar-refractivity contribution in [1.29, 1.82) is 0 Å². The fourth-order valence-corrected chi connectivity index (χ4v) is 3.51. The Kier molecular flexibility index (Phi) is 3.16. The van der Waals surface area contributed by atoms with Gasteiger partial charge in [0.25, 0.3) is 0 Å². The van der Waals surface area contributed by atoms with Crippen molar-refractivity contribution in [2.24, 2.45) is 0 Å². The summed E-state index contributed by atoms with van der Waals surface area (Å²) in [5.41, 5.74) is 2.48. The van der Waals surface area contributed by atoms with Gasteiger partial charge in [0.1, 0.15) is 0 Å². The third-order valence-electron chi connectivity index (χ3n) is 4.98. The molecule has 0 amide bonds. The smallest absolute Gasteiger partial charge is 0.0948 e. The SMILES string of the molecule is CC1CC(N(C)C2CCC2)C(O)c2ccccc21. The van der Waals surface area contributed by atoms with Crippen molar-refractivity contribution in [3.8, 4) is 0 Å². The molecule has 3 rings (SSSR count). The van der Waals surface area contributed by atoms with Crippen LogP contribution in [0.1, 0.15) is 55.8 Å². The van der Waals surface area contributed by atoms with Crippen molar-refractivity contribution in [3.05, 3.63) is 35.4 Å². The van der Waals surface area contributed by atoms with Gasteiger partial charge in [0, 0.05) is 12.1 Å². The van der Waals surface area contributed by atoms with E-state index in [-0.39, 0.29) is 6.10 Å². The summed E-state index contributed by atoms with van der Waals surface area (Å²) < 4.78 is 0. The van der Waals surface area contributed by atoms with Crippen LogP contribution in [0.4, 0.5) is 0 Å². The molecule has 0 heterocycles. The highest BCUT2D eigenvalue weighted by Gasteiger charge is 2.37. The normalized spacial score (nSPS) is 32.1. The predicted octanol–water partition coefficient (Wildman–Crippen LogP) is 3.08. The summed E-state index contributed by atoms with van der Waals surface area (Å²) in [7, 11) is 2.19. The Labute approximate surface area is 110 Å². The maximum absolute atomic E-state index is 10.6. The molecule has 3 unspecified atom stereocenters. The first-order chi connectivity index (χ1) is 8.68. The molecular formula is C16H23NO. The molecule has 18 heavy (non-hydrogen) atoms. The summed E-state index contributed by atoms with van der Waals surface area (Å²) in [6.07, 6.45) is 4.71. The highest BCUT2D eigenvalue weighted by atomic mass is 16.3. The van der Waals surface area contributed by atoms with Crippen LogP contribution in [-0.2, 0) is 0 Å². The molecule has 0 aromatic heterocycles. The van der Waals surface area contributed by atoms with Crippen LogP contribution in [0.15, 0.2) is 24.3 Å². The Morgan fingerprint density at radius 3 is 2.44 bits per heavy atom. The second-order valence-corrected chi connectivity index (χ2v) is 6.03. The Balaban J connectivity index is 1.86. The molecule has 0 aliphatic heterocycles. The molecule has 2 aliphatic rings. The lowest BCUT2D eigenvalue weighted by atomic mass is 9.77. The maximum atomic E-state index is 10.6. The number of aliphatic hydroxyl groups excluding tert-OH is 1. The number of benzene rings is 1. The number of hydrogen-bond acceptors (Lipinski definition) is 2. The molecule has 0 spiro atoms. The summed E-state index contributed by atoms with van der Waals surface area (Å²) in [6.45, 7) is 2.28. The average Bonchev–Trinajstić information content (AvgIpc) is 2.31. The number of hydrogen-bond donors (Lipinski definition) is 1. The first-order valence-electron chi connectivity index (χ1n) is 7.17. The Morgan fingerprint density at radius 1 is 1.17 bits per heavy atom. The molecule has 1 N–H and O–H groups in total. The third kappa shape index (κ3) is 1.88. The molecule has 1 aromatic carbocycles. The lowest BCUT2D eigenvalue weighted by Gasteiger charge is -2.45. The molecule has 0 bridgehead atoms. The highest BCUT2D eigenvalue weighted by Crippen LogP contribution is 2.41. The van der Waals surface area contributed by atoms with Crippen LogP contribution in [0, 0.1) is 0 Å². The summed E-state index contributed by atoms with van der Waals surface area (Å²) >= 11 is 0. The minimum Gasteiger partial charge on any atom is -0.387 e. The summed E-state index contributed by atoms with van der Waals surface area (Å²) in [5, 5.41) is 10.6. The molecule has 0 radical (unpaired) electrons. The van der Waals surface area contributed by atoms with E-state index in [4.69, 9.17) is 0 Å². The Bertz CT molecular complexity index is 427. The van der Waals surface area contributed by atoms with Crippen LogP contribution in [-0.4, -0.2) is 29.1 Å². The van der Waals surface area contributed by atoms with E-state index in [1.165, 1.54) is 24.8 Å². The van der Waals surface area contributed by atoms with Crippen molar-refractivity contribution >= 4 is 0 Å². The molecule has 2 heteroatoms. The Morgan fingerprint density at radius 2 is 1.83 bits per heavy atom. The van der Waals surface area contributed by atoms with Crippen molar-refractivity contribution in [1.82, 2.24) is 4.90 Å². The van der Waals surface area contributed by atoms with Gasteiger partial charge < -0.3 is 5.11 Å². The summed E-state index contributed by atoms with van der Waals surface area (Å²) in [4.78, 5) is 2.43. The quantitative estimate of drug-likeness (QED) is 0.865. The zero-order valence-corrected chi connectivity index (χ0v) is 11.3. The van der Waals surface area contributed by atoms with Crippen LogP contribution in [0.5, 0.6) is 0 Å². The summed E-state index contributed by atoms with van der Waals surface area (Å²) in [5.74, 6) is 0.553. The Hall–Kier alpha value is -0.860. The van der Waals surface area contributed by atoms with Crippen molar-refractivity contribution in [2.45, 2.75) is 56.7 Å². The predicted molar refractivity (Wildman–Crippen MR) is 73.6 cm³/mol. The second kappa shape index (κ2) is 4.67. The van der Waals surface area contributed by atoms with E-state index in [0.29, 0.717) is 18.0 Å². The lowest BCUT2D eigenvalue weighted by molar-refractivity contribution is 0.00387. The number of fused-ring (bicyclic) bond motifs is 1. The molecule has 1 fully saturated rings. The molecule has 1 aromatic rings. The van der Waals surface area contributed by atoms with Gasteiger partial charge in [-0.2, -0.15) is 0 Å². The first kappa shape index (κ1) is 12.2. The molecule has 98 valence electrons. The van der Waals surface area contributed by atoms with E-state index < -0.39 is 0 Å². The second-order valence-electron chi connectivity index (χ2n) is 6.03. The van der Waals surface area contributed by atoms with E-state index in [9.17, 15) is 5.11 Å². The van der Waals surface area contributed by atoms with E-state index in [2.05, 4.69) is 37.1 Å². The fraction of sp³-hybridized carbons (Fsp3) is 0.625. The molecule has 0 saturated heterocycles. The number of likely N-dealkylation sites (N-methyl/N-ethyl adjacent to an activating group) is 1. The van der Waals surface area contributed by atoms with Crippen LogP contribution < -0.4 is 0 Å². The first-order valence-corrected chi connectivity index (χ1v) is 7.17. The minimum atomic E-state index is -0.317. The van der Waals surface area contributed by atoms with Gasteiger partial charge in [-0.25, -0.2) is 0 Å². The van der Waals surface area contributed by atoms with Gasteiger partial charge >= 0.3 is 0 Å². The zero-order chi connectivity index (χ0) is 12.7. The minimum absolute atomic E-state index is 0.292. The highest BCUT2D eigenvalue weighted by molar-refractivity contribution is 5.35. The molecule has 2 nitrogen and oxygen atoms in total. The molecule has 3 atom stereocenters. The van der Waals surface area contributed by atoms with Crippen molar-refractivity contribution < 1.29 is 5.11 Å². The van der Waals surface area contributed by atoms with E-state index >= 15 is 0 Å². The number of rotatable bonds is 2. The zero-order valence-electron chi connectivity index (χ0n) is 11.3. The molecule has 1 saturated carbocycles. The van der Waals surface area contributed by atoms with Gasteiger partial charge in [-0.15, -0.1) is 0 Å².